The lowest BCUT2D eigenvalue weighted by Crippen LogP contribution is -2.15. The molecule has 0 bridgehead atoms. The third kappa shape index (κ3) is 2.54. The lowest BCUT2D eigenvalue weighted by Gasteiger charge is -2.20. The molecule has 2 aromatic carbocycles. The minimum absolute atomic E-state index is 0.249. The highest BCUT2D eigenvalue weighted by Gasteiger charge is 2.17. The van der Waals surface area contributed by atoms with Crippen LogP contribution in [0.2, 0.25) is 0 Å². The fourth-order valence-corrected chi connectivity index (χ4v) is 2.48. The molecule has 104 valence electrons. The summed E-state index contributed by atoms with van der Waals surface area (Å²) in [7, 11) is 1.65. The Labute approximate surface area is 123 Å². The first kappa shape index (κ1) is 13.1. The first-order chi connectivity index (χ1) is 9.78. The predicted octanol–water partition coefficient (Wildman–Crippen LogP) is 3.79. The molecule has 1 unspecified atom stereocenters. The maximum atomic E-state index is 6.55. The molecular weight excluding hydrogens is 276 g/mol. The maximum absolute atomic E-state index is 6.55. The average molecular weight is 291 g/mol. The van der Waals surface area contributed by atoms with Crippen molar-refractivity contribution in [3.05, 3.63) is 53.6 Å². The van der Waals surface area contributed by atoms with Crippen LogP contribution < -0.4 is 14.2 Å². The van der Waals surface area contributed by atoms with Gasteiger partial charge in [0.25, 0.3) is 0 Å². The standard InChI is InChI=1S/C16H15ClO3/c1-18-13-4-2-3-11(9-13)16(17)12-5-6-14-15(10-12)20-8-7-19-14/h2-6,9-10,16H,7-8H2,1H3. The Kier molecular flexibility index (Phi) is 3.70. The zero-order valence-electron chi connectivity index (χ0n) is 11.1. The number of hydrogen-bond acceptors (Lipinski definition) is 3. The lowest BCUT2D eigenvalue weighted by molar-refractivity contribution is 0.171. The first-order valence-corrected chi connectivity index (χ1v) is 6.89. The SMILES string of the molecule is COc1cccc(C(Cl)c2ccc3c(c2)OCCO3)c1. The minimum Gasteiger partial charge on any atom is -0.497 e. The van der Waals surface area contributed by atoms with Crippen LogP contribution in [0.25, 0.3) is 0 Å². The van der Waals surface area contributed by atoms with Gasteiger partial charge in [0.15, 0.2) is 11.5 Å². The van der Waals surface area contributed by atoms with Crippen LogP contribution in [0, 0.1) is 0 Å². The van der Waals surface area contributed by atoms with Crippen molar-refractivity contribution in [3.63, 3.8) is 0 Å². The molecule has 0 spiro atoms. The Hall–Kier alpha value is -1.87. The molecule has 0 saturated heterocycles. The van der Waals surface area contributed by atoms with Crippen LogP contribution in [-0.2, 0) is 0 Å². The van der Waals surface area contributed by atoms with Crippen molar-refractivity contribution >= 4 is 11.6 Å². The number of halogens is 1. The molecule has 0 radical (unpaired) electrons. The van der Waals surface area contributed by atoms with E-state index >= 15 is 0 Å². The van der Waals surface area contributed by atoms with Gasteiger partial charge in [-0.3, -0.25) is 0 Å². The van der Waals surface area contributed by atoms with E-state index in [1.165, 1.54) is 0 Å². The van der Waals surface area contributed by atoms with Crippen molar-refractivity contribution in [2.24, 2.45) is 0 Å². The van der Waals surface area contributed by atoms with E-state index in [-0.39, 0.29) is 5.38 Å². The summed E-state index contributed by atoms with van der Waals surface area (Å²) >= 11 is 6.55. The van der Waals surface area contributed by atoms with Gasteiger partial charge in [0.1, 0.15) is 19.0 Å². The van der Waals surface area contributed by atoms with Crippen LogP contribution >= 0.6 is 11.6 Å². The van der Waals surface area contributed by atoms with Crippen molar-refractivity contribution in [2.75, 3.05) is 20.3 Å². The van der Waals surface area contributed by atoms with Gasteiger partial charge in [-0.2, -0.15) is 0 Å². The Morgan fingerprint density at radius 2 is 1.75 bits per heavy atom. The molecule has 0 N–H and O–H groups in total. The first-order valence-electron chi connectivity index (χ1n) is 6.45. The number of methoxy groups -OCH3 is 1. The van der Waals surface area contributed by atoms with Gasteiger partial charge >= 0.3 is 0 Å². The molecule has 2 aromatic rings. The topological polar surface area (TPSA) is 27.7 Å². The van der Waals surface area contributed by atoms with Crippen LogP contribution in [0.3, 0.4) is 0 Å². The van der Waals surface area contributed by atoms with Crippen LogP contribution in [0.4, 0.5) is 0 Å². The summed E-state index contributed by atoms with van der Waals surface area (Å²) in [5.41, 5.74) is 1.96. The van der Waals surface area contributed by atoms with Crippen molar-refractivity contribution in [2.45, 2.75) is 5.38 Å². The molecule has 1 atom stereocenters. The maximum Gasteiger partial charge on any atom is 0.161 e. The molecule has 0 amide bonds. The van der Waals surface area contributed by atoms with E-state index in [1.807, 2.05) is 42.5 Å². The molecule has 4 heteroatoms. The molecule has 0 saturated carbocycles. The highest BCUT2D eigenvalue weighted by atomic mass is 35.5. The molecule has 20 heavy (non-hydrogen) atoms. The summed E-state index contributed by atoms with van der Waals surface area (Å²) in [4.78, 5) is 0. The second kappa shape index (κ2) is 5.63. The summed E-state index contributed by atoms with van der Waals surface area (Å²) in [5.74, 6) is 2.32. The van der Waals surface area contributed by atoms with Crippen LogP contribution in [0.5, 0.6) is 17.2 Å². The second-order valence-electron chi connectivity index (χ2n) is 4.54. The third-order valence-electron chi connectivity index (χ3n) is 3.25. The number of ether oxygens (including phenoxy) is 3. The fraction of sp³-hybridized carbons (Fsp3) is 0.250. The van der Waals surface area contributed by atoms with E-state index in [4.69, 9.17) is 25.8 Å². The van der Waals surface area contributed by atoms with Gasteiger partial charge in [0.2, 0.25) is 0 Å². The molecule has 3 nitrogen and oxygen atoms in total. The third-order valence-corrected chi connectivity index (χ3v) is 3.75. The van der Waals surface area contributed by atoms with Crippen LogP contribution in [0.15, 0.2) is 42.5 Å². The van der Waals surface area contributed by atoms with E-state index < -0.39 is 0 Å². The summed E-state index contributed by atoms with van der Waals surface area (Å²) in [6.07, 6.45) is 0. The van der Waals surface area contributed by atoms with Gasteiger partial charge in [-0.05, 0) is 35.4 Å². The minimum atomic E-state index is -0.249. The number of hydrogen-bond donors (Lipinski definition) is 0. The van der Waals surface area contributed by atoms with Gasteiger partial charge in [0.05, 0.1) is 12.5 Å². The zero-order chi connectivity index (χ0) is 13.9. The molecule has 0 fully saturated rings. The summed E-state index contributed by atoms with van der Waals surface area (Å²) in [6.45, 7) is 1.16. The molecule has 1 heterocycles. The van der Waals surface area contributed by atoms with Gasteiger partial charge < -0.3 is 14.2 Å². The number of benzene rings is 2. The Morgan fingerprint density at radius 1 is 1.00 bits per heavy atom. The van der Waals surface area contributed by atoms with E-state index in [0.717, 1.165) is 28.4 Å². The molecular formula is C16H15ClO3. The number of fused-ring (bicyclic) bond motifs is 1. The monoisotopic (exact) mass is 290 g/mol. The smallest absolute Gasteiger partial charge is 0.161 e. The van der Waals surface area contributed by atoms with Crippen molar-refractivity contribution < 1.29 is 14.2 Å². The zero-order valence-corrected chi connectivity index (χ0v) is 11.9. The Bertz CT molecular complexity index is 612. The molecule has 3 rings (SSSR count). The molecule has 1 aliphatic rings. The van der Waals surface area contributed by atoms with Gasteiger partial charge in [0, 0.05) is 0 Å². The van der Waals surface area contributed by atoms with E-state index in [2.05, 4.69) is 0 Å². The average Bonchev–Trinajstić information content (AvgIpc) is 2.53. The molecule has 0 aromatic heterocycles. The van der Waals surface area contributed by atoms with Crippen molar-refractivity contribution in [1.82, 2.24) is 0 Å². The van der Waals surface area contributed by atoms with Gasteiger partial charge in [-0.1, -0.05) is 18.2 Å². The predicted molar refractivity (Wildman–Crippen MR) is 78.1 cm³/mol. The summed E-state index contributed by atoms with van der Waals surface area (Å²) in [6, 6.07) is 13.6. The van der Waals surface area contributed by atoms with Crippen molar-refractivity contribution in [3.8, 4) is 17.2 Å². The second-order valence-corrected chi connectivity index (χ2v) is 4.98. The van der Waals surface area contributed by atoms with E-state index in [0.29, 0.717) is 13.2 Å². The highest BCUT2D eigenvalue weighted by Crippen LogP contribution is 2.37. The normalized spacial score (nSPS) is 14.7. The lowest BCUT2D eigenvalue weighted by atomic mass is 10.0. The summed E-state index contributed by atoms with van der Waals surface area (Å²) < 4.78 is 16.3. The Balaban J connectivity index is 1.91. The van der Waals surface area contributed by atoms with E-state index in [9.17, 15) is 0 Å². The number of alkyl halides is 1. The molecule has 0 aliphatic carbocycles. The van der Waals surface area contributed by atoms with Gasteiger partial charge in [-0.15, -0.1) is 11.6 Å². The van der Waals surface area contributed by atoms with E-state index in [1.54, 1.807) is 7.11 Å². The van der Waals surface area contributed by atoms with Crippen LogP contribution in [0.1, 0.15) is 16.5 Å². The quantitative estimate of drug-likeness (QED) is 0.805. The van der Waals surface area contributed by atoms with Crippen LogP contribution in [-0.4, -0.2) is 20.3 Å². The highest BCUT2D eigenvalue weighted by molar-refractivity contribution is 6.22. The number of rotatable bonds is 3. The summed E-state index contributed by atoms with van der Waals surface area (Å²) in [5, 5.41) is -0.249. The van der Waals surface area contributed by atoms with Crippen molar-refractivity contribution in [1.29, 1.82) is 0 Å². The largest absolute Gasteiger partial charge is 0.497 e. The van der Waals surface area contributed by atoms with Gasteiger partial charge in [-0.25, -0.2) is 0 Å². The molecule has 1 aliphatic heterocycles. The fourth-order valence-electron chi connectivity index (χ4n) is 2.21. The Morgan fingerprint density at radius 3 is 2.55 bits per heavy atom.